The summed E-state index contributed by atoms with van der Waals surface area (Å²) in [5.41, 5.74) is -0.0467. The maximum Gasteiger partial charge on any atom is 0.318 e. The van der Waals surface area contributed by atoms with Gasteiger partial charge in [-0.25, -0.2) is 9.78 Å². The third-order valence-electron chi connectivity index (χ3n) is 5.11. The molecule has 2 amide bonds. The molecule has 0 radical (unpaired) electrons. The van der Waals surface area contributed by atoms with Crippen molar-refractivity contribution < 1.29 is 19.4 Å². The zero-order chi connectivity index (χ0) is 19.6. The van der Waals surface area contributed by atoms with Gasteiger partial charge in [0.05, 0.1) is 12.5 Å². The molecule has 3 rings (SSSR count). The molecule has 1 aliphatic heterocycles. The maximum atomic E-state index is 12.8. The number of rotatable bonds is 5. The molecule has 8 nitrogen and oxygen atoms in total. The van der Waals surface area contributed by atoms with E-state index in [4.69, 9.17) is 4.74 Å². The minimum atomic E-state index is -0.907. The molecule has 2 N–H and O–H groups in total. The van der Waals surface area contributed by atoms with Gasteiger partial charge in [-0.05, 0) is 31.0 Å². The van der Waals surface area contributed by atoms with Gasteiger partial charge in [0.1, 0.15) is 17.6 Å². The van der Waals surface area contributed by atoms with E-state index in [1.807, 2.05) is 42.1 Å². The third kappa shape index (κ3) is 3.74. The second kappa shape index (κ2) is 7.30. The van der Waals surface area contributed by atoms with E-state index < -0.39 is 17.4 Å². The summed E-state index contributed by atoms with van der Waals surface area (Å²) in [6.07, 6.45) is 3.93. The number of nitrogens with one attached hydrogen (secondary N) is 1. The molecule has 2 atom stereocenters. The van der Waals surface area contributed by atoms with Gasteiger partial charge in [-0.1, -0.05) is 12.1 Å². The van der Waals surface area contributed by atoms with Gasteiger partial charge in [0.25, 0.3) is 0 Å². The first-order chi connectivity index (χ1) is 12.8. The number of carbonyl (C=O) groups is 2. The summed E-state index contributed by atoms with van der Waals surface area (Å²) in [5, 5.41) is 12.4. The number of benzene rings is 1. The first kappa shape index (κ1) is 18.8. The van der Waals surface area contributed by atoms with Crippen molar-refractivity contribution in [2.45, 2.75) is 19.4 Å². The summed E-state index contributed by atoms with van der Waals surface area (Å²) < 4.78 is 7.05. The van der Waals surface area contributed by atoms with Crippen LogP contribution >= 0.6 is 0 Å². The highest BCUT2D eigenvalue weighted by atomic mass is 16.5. The molecule has 27 heavy (non-hydrogen) atoms. The van der Waals surface area contributed by atoms with E-state index in [1.165, 1.54) is 0 Å². The number of ether oxygens (including phenoxy) is 1. The normalized spacial score (nSPS) is 20.3. The number of hydrogen-bond acceptors (Lipinski definition) is 4. The lowest BCUT2D eigenvalue weighted by Crippen LogP contribution is -2.43. The molecule has 144 valence electrons. The fraction of sp³-hybridized carbons (Fsp3) is 0.421. The Balaban J connectivity index is 1.83. The Morgan fingerprint density at radius 1 is 1.33 bits per heavy atom. The van der Waals surface area contributed by atoms with Crippen LogP contribution < -0.4 is 10.1 Å². The van der Waals surface area contributed by atoms with Gasteiger partial charge >= 0.3 is 12.0 Å². The van der Waals surface area contributed by atoms with E-state index in [9.17, 15) is 14.7 Å². The molecule has 2 unspecified atom stereocenters. The van der Waals surface area contributed by atoms with E-state index in [0.29, 0.717) is 18.8 Å². The van der Waals surface area contributed by atoms with Gasteiger partial charge in [-0.15, -0.1) is 0 Å². The lowest BCUT2D eigenvalue weighted by molar-refractivity contribution is -0.147. The number of urea groups is 1. The van der Waals surface area contributed by atoms with Crippen LogP contribution in [0.25, 0.3) is 0 Å². The van der Waals surface area contributed by atoms with Gasteiger partial charge in [0.15, 0.2) is 0 Å². The second-order valence-corrected chi connectivity index (χ2v) is 7.09. The van der Waals surface area contributed by atoms with Crippen LogP contribution in [-0.2, 0) is 11.8 Å². The Kier molecular flexibility index (Phi) is 5.07. The Labute approximate surface area is 157 Å². The number of imidazole rings is 1. The molecule has 0 saturated carbocycles. The summed E-state index contributed by atoms with van der Waals surface area (Å²) in [6.45, 7) is 2.26. The summed E-state index contributed by atoms with van der Waals surface area (Å²) in [4.78, 5) is 30.2. The van der Waals surface area contributed by atoms with Crippen LogP contribution in [0, 0.1) is 5.41 Å². The van der Waals surface area contributed by atoms with E-state index in [2.05, 4.69) is 10.3 Å². The van der Waals surface area contributed by atoms with E-state index in [1.54, 1.807) is 25.1 Å². The predicted molar refractivity (Wildman–Crippen MR) is 98.5 cm³/mol. The van der Waals surface area contributed by atoms with Gasteiger partial charge < -0.3 is 24.6 Å². The Bertz CT molecular complexity index is 832. The number of carboxylic acids is 1. The Morgan fingerprint density at radius 2 is 2.04 bits per heavy atom. The van der Waals surface area contributed by atoms with Crippen LogP contribution in [0.1, 0.15) is 30.8 Å². The number of amides is 2. The number of aliphatic carboxylic acids is 1. The molecule has 1 aromatic heterocycles. The average molecular weight is 372 g/mol. The fourth-order valence-corrected chi connectivity index (χ4v) is 3.27. The summed E-state index contributed by atoms with van der Waals surface area (Å²) in [7, 11) is 3.46. The van der Waals surface area contributed by atoms with Crippen LogP contribution in [0.4, 0.5) is 4.79 Å². The molecule has 2 aromatic rings. The van der Waals surface area contributed by atoms with Crippen molar-refractivity contribution in [1.29, 1.82) is 0 Å². The molecule has 1 aliphatic rings. The largest absolute Gasteiger partial charge is 0.497 e. The van der Waals surface area contributed by atoms with Crippen molar-refractivity contribution in [1.82, 2.24) is 19.8 Å². The molecule has 1 fully saturated rings. The number of methoxy groups -OCH3 is 1. The monoisotopic (exact) mass is 372 g/mol. The topological polar surface area (TPSA) is 96.7 Å². The van der Waals surface area contributed by atoms with E-state index in [-0.39, 0.29) is 12.6 Å². The summed E-state index contributed by atoms with van der Waals surface area (Å²) in [6, 6.07) is 6.65. The summed E-state index contributed by atoms with van der Waals surface area (Å²) in [5.74, 6) is 0.530. The van der Waals surface area contributed by atoms with Crippen molar-refractivity contribution >= 4 is 12.0 Å². The minimum Gasteiger partial charge on any atom is -0.497 e. The molecule has 0 aliphatic carbocycles. The van der Waals surface area contributed by atoms with Crippen LogP contribution in [0.5, 0.6) is 5.75 Å². The number of aryl methyl sites for hydroxylation is 1. The lowest BCUT2D eigenvalue weighted by Gasteiger charge is -2.25. The molecule has 8 heteroatoms. The van der Waals surface area contributed by atoms with Crippen LogP contribution in [0.2, 0.25) is 0 Å². The first-order valence-corrected chi connectivity index (χ1v) is 8.74. The second-order valence-electron chi connectivity index (χ2n) is 7.09. The van der Waals surface area contributed by atoms with E-state index in [0.717, 1.165) is 11.3 Å². The minimum absolute atomic E-state index is 0.185. The molecular weight excluding hydrogens is 348 g/mol. The number of carbonyl (C=O) groups excluding carboxylic acids is 1. The zero-order valence-corrected chi connectivity index (χ0v) is 15.7. The molecule has 1 saturated heterocycles. The van der Waals surface area contributed by atoms with Crippen molar-refractivity contribution in [2.24, 2.45) is 12.5 Å². The van der Waals surface area contributed by atoms with Gasteiger partial charge in [-0.3, -0.25) is 4.79 Å². The highest BCUT2D eigenvalue weighted by Gasteiger charge is 2.42. The highest BCUT2D eigenvalue weighted by molar-refractivity contribution is 5.80. The van der Waals surface area contributed by atoms with Gasteiger partial charge in [0, 0.05) is 32.5 Å². The Hall–Kier alpha value is -3.03. The van der Waals surface area contributed by atoms with Gasteiger partial charge in [0.2, 0.25) is 0 Å². The van der Waals surface area contributed by atoms with Crippen LogP contribution in [0.15, 0.2) is 36.7 Å². The quantitative estimate of drug-likeness (QED) is 0.837. The lowest BCUT2D eigenvalue weighted by atomic mass is 9.90. The molecule has 1 aromatic carbocycles. The SMILES string of the molecule is COc1ccc(C(NC(=O)N2CCC(C)(C(=O)O)C2)c2nccn2C)cc1. The van der Waals surface area contributed by atoms with Crippen molar-refractivity contribution in [3.63, 3.8) is 0 Å². The number of nitrogens with zero attached hydrogens (tertiary/aromatic N) is 3. The number of carboxylic acid groups (broad SMARTS) is 1. The van der Waals surface area contributed by atoms with Crippen molar-refractivity contribution in [3.05, 3.63) is 48.0 Å². The van der Waals surface area contributed by atoms with Crippen LogP contribution in [0.3, 0.4) is 0 Å². The maximum absolute atomic E-state index is 12.8. The van der Waals surface area contributed by atoms with E-state index >= 15 is 0 Å². The fourth-order valence-electron chi connectivity index (χ4n) is 3.27. The zero-order valence-electron chi connectivity index (χ0n) is 15.7. The molecule has 0 spiro atoms. The summed E-state index contributed by atoms with van der Waals surface area (Å²) >= 11 is 0. The van der Waals surface area contributed by atoms with Crippen molar-refractivity contribution in [3.8, 4) is 5.75 Å². The number of hydrogen-bond donors (Lipinski definition) is 2. The molecule has 0 bridgehead atoms. The first-order valence-electron chi connectivity index (χ1n) is 8.74. The average Bonchev–Trinajstić information content (AvgIpc) is 3.26. The standard InChI is InChI=1S/C19H24N4O4/c1-19(17(24)25)8-10-23(12-19)18(26)21-15(16-20-9-11-22(16)2)13-4-6-14(27-3)7-5-13/h4-7,9,11,15H,8,10,12H2,1-3H3,(H,21,26)(H,24,25). The highest BCUT2D eigenvalue weighted by Crippen LogP contribution is 2.31. The van der Waals surface area contributed by atoms with Gasteiger partial charge in [-0.2, -0.15) is 0 Å². The van der Waals surface area contributed by atoms with Crippen LogP contribution in [-0.4, -0.2) is 51.8 Å². The Morgan fingerprint density at radius 3 is 2.56 bits per heavy atom. The molecular formula is C19H24N4O4. The molecule has 2 heterocycles. The van der Waals surface area contributed by atoms with Crippen molar-refractivity contribution in [2.75, 3.05) is 20.2 Å². The smallest absolute Gasteiger partial charge is 0.318 e. The third-order valence-corrected chi connectivity index (χ3v) is 5.11. The predicted octanol–water partition coefficient (Wildman–Crippen LogP) is 2.02. The number of likely N-dealkylation sites (tertiary alicyclic amines) is 1. The number of aromatic nitrogens is 2.